The molecule has 1 aliphatic rings. The summed E-state index contributed by atoms with van der Waals surface area (Å²) in [7, 11) is 0. The van der Waals surface area contributed by atoms with E-state index in [1.54, 1.807) is 60.7 Å². The number of carbonyl (C=O) groups is 3. The van der Waals surface area contributed by atoms with Crippen LogP contribution in [0.15, 0.2) is 71.3 Å². The number of nitrogens with one attached hydrogen (secondary N) is 2. The third-order valence-electron chi connectivity index (χ3n) is 5.06. The molecule has 2 N–H and O–H groups in total. The lowest BCUT2D eigenvalue weighted by Gasteiger charge is -2.35. The van der Waals surface area contributed by atoms with Gasteiger partial charge < -0.3 is 19.8 Å². The molecule has 2 heterocycles. The zero-order chi connectivity index (χ0) is 23.2. The average Bonchev–Trinajstić information content (AvgIpc) is 3.34. The third-order valence-corrected chi connectivity index (χ3v) is 5.06. The summed E-state index contributed by atoms with van der Waals surface area (Å²) in [6.07, 6.45) is 1.53. The lowest BCUT2D eigenvalue weighted by molar-refractivity contribution is -0.123. The van der Waals surface area contributed by atoms with E-state index in [0.29, 0.717) is 35.2 Å². The van der Waals surface area contributed by atoms with Crippen molar-refractivity contribution in [3.05, 3.63) is 72.7 Å². The number of furan rings is 1. The van der Waals surface area contributed by atoms with Crippen LogP contribution in [0.4, 0.5) is 21.9 Å². The molecule has 0 bridgehead atoms. The van der Waals surface area contributed by atoms with E-state index in [1.165, 1.54) is 16.1 Å². The van der Waals surface area contributed by atoms with Crippen molar-refractivity contribution >= 4 is 34.9 Å². The van der Waals surface area contributed by atoms with E-state index in [0.717, 1.165) is 0 Å². The van der Waals surface area contributed by atoms with Crippen molar-refractivity contribution in [3.63, 3.8) is 0 Å². The van der Waals surface area contributed by atoms with Crippen molar-refractivity contribution in [3.8, 4) is 5.75 Å². The molecule has 0 spiro atoms. The Kier molecular flexibility index (Phi) is 6.58. The fraction of sp³-hybridized carbons (Fsp3) is 0.208. The number of para-hydroxylation sites is 2. The van der Waals surface area contributed by atoms with Crippen LogP contribution in [0.3, 0.4) is 0 Å². The molecule has 4 amide bonds. The highest BCUT2D eigenvalue weighted by Gasteiger charge is 2.33. The fourth-order valence-corrected chi connectivity index (χ4v) is 3.51. The molecule has 0 unspecified atom stereocenters. The fourth-order valence-electron chi connectivity index (χ4n) is 3.51. The van der Waals surface area contributed by atoms with Crippen LogP contribution in [0.25, 0.3) is 0 Å². The highest BCUT2D eigenvalue weighted by atomic mass is 16.5. The number of benzene rings is 2. The molecule has 0 fully saturated rings. The smallest absolute Gasteiger partial charge is 0.326 e. The second-order valence-electron chi connectivity index (χ2n) is 7.30. The van der Waals surface area contributed by atoms with Gasteiger partial charge >= 0.3 is 6.03 Å². The van der Waals surface area contributed by atoms with Gasteiger partial charge in [0.25, 0.3) is 0 Å². The van der Waals surface area contributed by atoms with E-state index in [2.05, 4.69) is 10.6 Å². The standard InChI is InChI=1S/C24H24N4O5/c1-2-32-18-11-9-17(10-12-18)26-24(31)28-16-23(30)27(20-7-3-4-8-21(20)28)15-22(29)25-14-19-6-5-13-33-19/h3-13H,2,14-16H2,1H3,(H,25,29)(H,26,31). The summed E-state index contributed by atoms with van der Waals surface area (Å²) in [5.41, 5.74) is 1.61. The minimum Gasteiger partial charge on any atom is -0.494 e. The Morgan fingerprint density at radius 3 is 2.48 bits per heavy atom. The van der Waals surface area contributed by atoms with Gasteiger partial charge in [0.1, 0.15) is 24.6 Å². The summed E-state index contributed by atoms with van der Waals surface area (Å²) in [5.74, 6) is 0.631. The first-order valence-electron chi connectivity index (χ1n) is 10.5. The number of ether oxygens (including phenoxy) is 1. The molecule has 0 radical (unpaired) electrons. The van der Waals surface area contributed by atoms with Gasteiger partial charge in [0.15, 0.2) is 0 Å². The van der Waals surface area contributed by atoms with Gasteiger partial charge in [-0.3, -0.25) is 19.4 Å². The van der Waals surface area contributed by atoms with Gasteiger partial charge in [0.2, 0.25) is 11.8 Å². The lowest BCUT2D eigenvalue weighted by atomic mass is 10.1. The summed E-state index contributed by atoms with van der Waals surface area (Å²) in [4.78, 5) is 41.1. The van der Waals surface area contributed by atoms with E-state index in [9.17, 15) is 14.4 Å². The predicted molar refractivity (Wildman–Crippen MR) is 123 cm³/mol. The van der Waals surface area contributed by atoms with Crippen molar-refractivity contribution in [1.82, 2.24) is 5.32 Å². The maximum atomic E-state index is 13.0. The number of anilines is 3. The normalized spacial score (nSPS) is 12.8. The highest BCUT2D eigenvalue weighted by Crippen LogP contribution is 2.33. The van der Waals surface area contributed by atoms with Crippen molar-refractivity contribution < 1.29 is 23.5 Å². The summed E-state index contributed by atoms with van der Waals surface area (Å²) in [6, 6.07) is 17.0. The molecule has 9 heteroatoms. The lowest BCUT2D eigenvalue weighted by Crippen LogP contribution is -2.51. The summed E-state index contributed by atoms with van der Waals surface area (Å²) in [6.45, 7) is 2.32. The second-order valence-corrected chi connectivity index (χ2v) is 7.30. The number of fused-ring (bicyclic) bond motifs is 1. The van der Waals surface area contributed by atoms with Crippen LogP contribution in [0.5, 0.6) is 5.75 Å². The highest BCUT2D eigenvalue weighted by molar-refractivity contribution is 6.15. The van der Waals surface area contributed by atoms with Crippen LogP contribution in [-0.4, -0.2) is 37.5 Å². The Bertz CT molecular complexity index is 1130. The van der Waals surface area contributed by atoms with Crippen molar-refractivity contribution in [2.75, 3.05) is 34.8 Å². The molecule has 0 aliphatic carbocycles. The molecular weight excluding hydrogens is 424 g/mol. The van der Waals surface area contributed by atoms with E-state index in [-0.39, 0.29) is 31.4 Å². The predicted octanol–water partition coefficient (Wildman–Crippen LogP) is 3.38. The van der Waals surface area contributed by atoms with Crippen LogP contribution in [-0.2, 0) is 16.1 Å². The van der Waals surface area contributed by atoms with Gasteiger partial charge in [-0.2, -0.15) is 0 Å². The van der Waals surface area contributed by atoms with Crippen molar-refractivity contribution in [2.45, 2.75) is 13.5 Å². The first-order chi connectivity index (χ1) is 16.0. The van der Waals surface area contributed by atoms with Crippen LogP contribution in [0.2, 0.25) is 0 Å². The number of rotatable bonds is 7. The van der Waals surface area contributed by atoms with Crippen LogP contribution >= 0.6 is 0 Å². The number of hydrogen-bond acceptors (Lipinski definition) is 5. The molecule has 1 aliphatic heterocycles. The van der Waals surface area contributed by atoms with Crippen molar-refractivity contribution in [2.24, 2.45) is 0 Å². The maximum Gasteiger partial charge on any atom is 0.326 e. The van der Waals surface area contributed by atoms with E-state index in [4.69, 9.17) is 9.15 Å². The molecule has 0 atom stereocenters. The molecule has 33 heavy (non-hydrogen) atoms. The van der Waals surface area contributed by atoms with Crippen LogP contribution < -0.4 is 25.2 Å². The zero-order valence-electron chi connectivity index (χ0n) is 18.1. The number of carbonyl (C=O) groups excluding carboxylic acids is 3. The van der Waals surface area contributed by atoms with Gasteiger partial charge in [-0.05, 0) is 55.5 Å². The minimum atomic E-state index is -0.443. The number of urea groups is 1. The molecule has 0 saturated carbocycles. The SMILES string of the molecule is CCOc1ccc(NC(=O)N2CC(=O)N(CC(=O)NCc3ccco3)c3ccccc32)cc1. The molecule has 2 aromatic carbocycles. The monoisotopic (exact) mass is 448 g/mol. The van der Waals surface area contributed by atoms with Gasteiger partial charge in [-0.1, -0.05) is 12.1 Å². The Morgan fingerprint density at radius 2 is 1.79 bits per heavy atom. The zero-order valence-corrected chi connectivity index (χ0v) is 18.1. The minimum absolute atomic E-state index is 0.162. The summed E-state index contributed by atoms with van der Waals surface area (Å²) >= 11 is 0. The molecule has 9 nitrogen and oxygen atoms in total. The van der Waals surface area contributed by atoms with Gasteiger partial charge in [-0.15, -0.1) is 0 Å². The maximum absolute atomic E-state index is 13.0. The Morgan fingerprint density at radius 1 is 1.03 bits per heavy atom. The summed E-state index contributed by atoms with van der Waals surface area (Å²) < 4.78 is 10.6. The molecular formula is C24H24N4O5. The topological polar surface area (TPSA) is 104 Å². The molecule has 1 aromatic heterocycles. The number of hydrogen-bond donors (Lipinski definition) is 2. The first-order valence-corrected chi connectivity index (χ1v) is 10.5. The van der Waals surface area contributed by atoms with Crippen molar-refractivity contribution in [1.29, 1.82) is 0 Å². The van der Waals surface area contributed by atoms with Crippen LogP contribution in [0, 0.1) is 0 Å². The first kappa shape index (κ1) is 21.9. The quantitative estimate of drug-likeness (QED) is 0.577. The second kappa shape index (κ2) is 9.90. The Balaban J connectivity index is 1.46. The molecule has 0 saturated heterocycles. The Hall–Kier alpha value is -4.27. The third kappa shape index (κ3) is 5.15. The molecule has 3 aromatic rings. The van der Waals surface area contributed by atoms with Gasteiger partial charge in [0, 0.05) is 5.69 Å². The number of nitrogens with zero attached hydrogens (tertiary/aromatic N) is 2. The van der Waals surface area contributed by atoms with Gasteiger partial charge in [0.05, 0.1) is 30.8 Å². The van der Waals surface area contributed by atoms with E-state index in [1.807, 2.05) is 6.92 Å². The molecule has 4 rings (SSSR count). The Labute approximate surface area is 190 Å². The average molecular weight is 448 g/mol. The molecule has 170 valence electrons. The summed E-state index contributed by atoms with van der Waals surface area (Å²) in [5, 5.41) is 5.54. The number of amides is 4. The van der Waals surface area contributed by atoms with E-state index < -0.39 is 6.03 Å². The van der Waals surface area contributed by atoms with E-state index >= 15 is 0 Å². The van der Waals surface area contributed by atoms with Crippen LogP contribution in [0.1, 0.15) is 12.7 Å². The largest absolute Gasteiger partial charge is 0.494 e. The van der Waals surface area contributed by atoms with Gasteiger partial charge in [-0.25, -0.2) is 4.79 Å².